The number of nitrogens with one attached hydrogen (secondary N) is 5. The lowest BCUT2D eigenvalue weighted by Crippen LogP contribution is -2.50. The highest BCUT2D eigenvalue weighted by atomic mass is 16.2. The van der Waals surface area contributed by atoms with Crippen molar-refractivity contribution in [2.45, 2.75) is 214 Å². The average Bonchev–Trinajstić information content (AvgIpc) is 3.80. The molecule has 9 atom stereocenters. The summed E-state index contributed by atoms with van der Waals surface area (Å²) in [5, 5.41) is 11.4. The summed E-state index contributed by atoms with van der Waals surface area (Å²) in [7, 11) is 1.28. The van der Waals surface area contributed by atoms with Crippen LogP contribution in [-0.4, -0.2) is 141 Å². The number of carbonyl (C=O) groups excluding carboxylic acids is 13. The lowest BCUT2D eigenvalue weighted by atomic mass is 9.84. The molecule has 1 aromatic carbocycles. The first-order chi connectivity index (χ1) is 39.8. The van der Waals surface area contributed by atoms with Gasteiger partial charge in [0, 0.05) is 113 Å². The van der Waals surface area contributed by atoms with Gasteiger partial charge in [-0.25, -0.2) is 0 Å². The lowest BCUT2D eigenvalue weighted by molar-refractivity contribution is -0.144. The van der Waals surface area contributed by atoms with E-state index in [0.29, 0.717) is 57.8 Å². The summed E-state index contributed by atoms with van der Waals surface area (Å²) >= 11 is 0. The van der Waals surface area contributed by atoms with Crippen molar-refractivity contribution in [3.05, 3.63) is 36.0 Å². The molecule has 2 fully saturated rings. The van der Waals surface area contributed by atoms with E-state index in [4.69, 9.17) is 5.73 Å². The van der Waals surface area contributed by atoms with Gasteiger partial charge in [0.25, 0.3) is 5.91 Å². The Labute approximate surface area is 495 Å². The van der Waals surface area contributed by atoms with Gasteiger partial charge in [-0.3, -0.25) is 62.3 Å². The Kier molecular flexibility index (Phi) is 28.3. The maximum Gasteiger partial charge on any atom is 0.287 e. The number of nitrogens with zero attached hydrogens (tertiary/aromatic N) is 2. The number of likely N-dealkylation sites (N-methyl/N-ethyl adjacent to an activating group) is 1. The molecular formula is C63H94N8O13. The number of aromatic amines is 1. The molecular weight excluding hydrogens is 1080 g/mol. The van der Waals surface area contributed by atoms with Crippen LogP contribution in [0.5, 0.6) is 0 Å². The van der Waals surface area contributed by atoms with Crippen LogP contribution in [0, 0.1) is 35.5 Å². The summed E-state index contributed by atoms with van der Waals surface area (Å²) in [6, 6.07) is 2.81. The third-order valence-electron chi connectivity index (χ3n) is 16.5. The van der Waals surface area contributed by atoms with Crippen molar-refractivity contribution in [3.63, 3.8) is 0 Å². The third-order valence-corrected chi connectivity index (χ3v) is 16.5. The van der Waals surface area contributed by atoms with Crippen molar-refractivity contribution < 1.29 is 62.3 Å². The number of ketones is 6. The standard InChI is InChI=1S/C63H94N8O13/c1-10-12-17-41(33-54(76)47(22-23-53(75)62(83)65-9)68-57(79)26-24-52(74)49-20-15-28-70(49)58(80)27-25-51(73)48(31-38(5)6)67-40(8)72)61(82)69-59(39(7)11-2)56(78)35-43(30-37(3)4)63(84)71-29-16-21-50(71)55(77)34-42(60(64)81)32-44-36-66-46-19-14-13-18-45(44)46/h13-14,18-19,36-39,41-43,47-50,59,66H,10-12,15-17,20-35H2,1-9H3,(H2,64,81)(H,65,83)(H,67,72)(H,68,79)(H,69,82)/t39?,41-,42-,43-,47+,48+,49+,50+,59+/m1/s1. The van der Waals surface area contributed by atoms with Gasteiger partial charge in [-0.15, -0.1) is 0 Å². The van der Waals surface area contributed by atoms with Gasteiger partial charge in [0.2, 0.25) is 41.2 Å². The van der Waals surface area contributed by atoms with Crippen LogP contribution in [0.2, 0.25) is 0 Å². The number of hydrogen-bond donors (Lipinski definition) is 6. The van der Waals surface area contributed by atoms with E-state index < -0.39 is 119 Å². The fourth-order valence-electron chi connectivity index (χ4n) is 11.7. The van der Waals surface area contributed by atoms with Crippen molar-refractivity contribution >= 4 is 87.0 Å². The van der Waals surface area contributed by atoms with Crippen LogP contribution < -0.4 is 27.0 Å². The summed E-state index contributed by atoms with van der Waals surface area (Å²) < 4.78 is 0. The van der Waals surface area contributed by atoms with Crippen LogP contribution in [0.1, 0.15) is 183 Å². The van der Waals surface area contributed by atoms with Crippen LogP contribution in [0.3, 0.4) is 0 Å². The van der Waals surface area contributed by atoms with E-state index in [-0.39, 0.29) is 106 Å². The van der Waals surface area contributed by atoms with Crippen LogP contribution in [0.4, 0.5) is 0 Å². The van der Waals surface area contributed by atoms with E-state index in [1.54, 1.807) is 13.1 Å². The Morgan fingerprint density at radius 3 is 1.93 bits per heavy atom. The minimum atomic E-state index is -1.35. The maximum atomic E-state index is 14.6. The van der Waals surface area contributed by atoms with Gasteiger partial charge < -0.3 is 41.8 Å². The first-order valence-electron chi connectivity index (χ1n) is 30.5. The second kappa shape index (κ2) is 34.1. The van der Waals surface area contributed by atoms with Gasteiger partial charge in [-0.2, -0.15) is 0 Å². The van der Waals surface area contributed by atoms with Crippen molar-refractivity contribution in [2.24, 2.45) is 41.2 Å². The van der Waals surface area contributed by atoms with E-state index >= 15 is 0 Å². The molecule has 84 heavy (non-hydrogen) atoms. The smallest absolute Gasteiger partial charge is 0.287 e. The van der Waals surface area contributed by atoms with Crippen LogP contribution in [0.25, 0.3) is 10.9 Å². The normalized spacial score (nSPS) is 17.6. The second-order valence-corrected chi connectivity index (χ2v) is 24.1. The number of nitrogens with two attached hydrogens (primary N) is 1. The third kappa shape index (κ3) is 21.0. The SMILES string of the molecule is CCCC[C@H](CC(=O)[C@H](CCC(=O)C(=O)NC)NC(=O)CCC(=O)[C@@H]1CCCN1C(=O)CCC(=O)[C@H](CC(C)C)NC(C)=O)C(=O)N[C@H](C(=O)C[C@@H](CC(C)C)C(=O)N1CCC[C@H]1C(=O)C[C@@H](Cc1c[nH]c2ccccc12)C(N)=O)C(C)CC. The molecule has 0 bridgehead atoms. The van der Waals surface area contributed by atoms with Gasteiger partial charge in [0.1, 0.15) is 0 Å². The minimum Gasteiger partial charge on any atom is -0.369 e. The molecule has 2 aromatic rings. The fourth-order valence-corrected chi connectivity index (χ4v) is 11.7. The first-order valence-corrected chi connectivity index (χ1v) is 30.5. The van der Waals surface area contributed by atoms with Crippen LogP contribution in [0.15, 0.2) is 30.5 Å². The molecule has 21 heteroatoms. The zero-order valence-electron chi connectivity index (χ0n) is 51.1. The Bertz CT molecular complexity index is 2680. The molecule has 1 unspecified atom stereocenters. The largest absolute Gasteiger partial charge is 0.369 e. The number of hydrogen-bond acceptors (Lipinski definition) is 13. The van der Waals surface area contributed by atoms with Crippen molar-refractivity contribution in [3.8, 4) is 0 Å². The lowest BCUT2D eigenvalue weighted by Gasteiger charge is -2.31. The maximum absolute atomic E-state index is 14.6. The first kappa shape index (κ1) is 69.6. The van der Waals surface area contributed by atoms with Gasteiger partial charge in [-0.05, 0) is 87.2 Å². The van der Waals surface area contributed by atoms with E-state index in [9.17, 15) is 62.3 Å². The second-order valence-electron chi connectivity index (χ2n) is 24.1. The Hall–Kier alpha value is -6.93. The molecule has 464 valence electrons. The summed E-state index contributed by atoms with van der Waals surface area (Å²) in [5.41, 5.74) is 7.60. The summed E-state index contributed by atoms with van der Waals surface area (Å²) in [4.78, 5) is 181. The molecule has 0 saturated carbocycles. The molecule has 4 rings (SSSR count). The number of para-hydroxylation sites is 1. The number of amides is 7. The molecule has 3 heterocycles. The minimum absolute atomic E-state index is 0.0321. The fraction of sp³-hybridized carbons (Fsp3) is 0.667. The molecule has 2 saturated heterocycles. The highest BCUT2D eigenvalue weighted by Crippen LogP contribution is 2.30. The number of aromatic nitrogens is 1. The number of rotatable bonds is 38. The number of fused-ring (bicyclic) bond motifs is 1. The monoisotopic (exact) mass is 1170 g/mol. The van der Waals surface area contributed by atoms with Crippen molar-refractivity contribution in [2.75, 3.05) is 20.1 Å². The summed E-state index contributed by atoms with van der Waals surface area (Å²) in [5.74, 6) is -9.76. The zero-order valence-corrected chi connectivity index (χ0v) is 51.1. The number of H-pyrrole nitrogens is 1. The Morgan fingerprint density at radius 2 is 1.31 bits per heavy atom. The quantitative estimate of drug-likeness (QED) is 0.0453. The van der Waals surface area contributed by atoms with E-state index in [0.717, 1.165) is 16.5 Å². The van der Waals surface area contributed by atoms with Gasteiger partial charge in [-0.1, -0.05) is 85.9 Å². The number of benzene rings is 1. The number of primary amides is 1. The number of likely N-dealkylation sites (tertiary alicyclic amines) is 2. The predicted molar refractivity (Wildman–Crippen MR) is 316 cm³/mol. The number of Topliss-reactive ketones (excluding diaryl/α,β-unsaturated/α-hetero) is 6. The van der Waals surface area contributed by atoms with E-state index in [1.165, 1.54) is 23.8 Å². The molecule has 0 aliphatic carbocycles. The van der Waals surface area contributed by atoms with E-state index in [1.807, 2.05) is 65.8 Å². The highest BCUT2D eigenvalue weighted by Gasteiger charge is 2.41. The Balaban J connectivity index is 1.46. The van der Waals surface area contributed by atoms with Crippen LogP contribution in [-0.2, 0) is 68.7 Å². The van der Waals surface area contributed by atoms with Crippen molar-refractivity contribution in [1.29, 1.82) is 0 Å². The van der Waals surface area contributed by atoms with Crippen LogP contribution >= 0.6 is 0 Å². The van der Waals surface area contributed by atoms with Gasteiger partial charge in [0.15, 0.2) is 28.9 Å². The number of unbranched alkanes of at least 4 members (excludes halogenated alkanes) is 1. The Morgan fingerprint density at radius 1 is 0.667 bits per heavy atom. The van der Waals surface area contributed by atoms with E-state index in [2.05, 4.69) is 26.3 Å². The van der Waals surface area contributed by atoms with Gasteiger partial charge in [0.05, 0.1) is 30.2 Å². The molecule has 0 spiro atoms. The molecule has 2 aliphatic heterocycles. The molecule has 2 aliphatic rings. The molecule has 0 radical (unpaired) electrons. The summed E-state index contributed by atoms with van der Waals surface area (Å²) in [6.45, 7) is 15.1. The zero-order chi connectivity index (χ0) is 62.4. The average molecular weight is 1170 g/mol. The predicted octanol–water partition coefficient (Wildman–Crippen LogP) is 5.50. The molecule has 21 nitrogen and oxygen atoms in total. The highest BCUT2D eigenvalue weighted by molar-refractivity contribution is 6.36. The summed E-state index contributed by atoms with van der Waals surface area (Å²) in [6.07, 6.45) is 3.90. The topological polar surface area (TPSA) is 318 Å². The van der Waals surface area contributed by atoms with Gasteiger partial charge >= 0.3 is 0 Å². The molecule has 7 N–H and O–H groups in total. The van der Waals surface area contributed by atoms with Crippen molar-refractivity contribution in [1.82, 2.24) is 36.1 Å². The molecule has 1 aromatic heterocycles. The molecule has 7 amide bonds. The number of carbonyl (C=O) groups is 13.